The average molecular weight is 299 g/mol. The largest absolute Gasteiger partial charge is 0.456 e. The van der Waals surface area contributed by atoms with Gasteiger partial charge in [0.2, 0.25) is 0 Å². The number of aromatic amines is 1. The summed E-state index contributed by atoms with van der Waals surface area (Å²) in [5.41, 5.74) is 1.61. The Kier molecular flexibility index (Phi) is 3.24. The van der Waals surface area contributed by atoms with Crippen molar-refractivity contribution in [3.8, 4) is 11.5 Å². The lowest BCUT2D eigenvalue weighted by Crippen LogP contribution is -2.23. The van der Waals surface area contributed by atoms with E-state index in [2.05, 4.69) is 15.1 Å². The van der Waals surface area contributed by atoms with Crippen LogP contribution in [-0.4, -0.2) is 26.7 Å². The van der Waals surface area contributed by atoms with Crippen LogP contribution in [0.3, 0.4) is 0 Å². The number of carbonyl (C=O) groups excluding carboxylic acids is 1. The molecule has 6 nitrogen and oxygen atoms in total. The van der Waals surface area contributed by atoms with E-state index in [1.165, 1.54) is 0 Å². The minimum absolute atomic E-state index is 0.358. The number of benzene rings is 1. The van der Waals surface area contributed by atoms with E-state index in [9.17, 15) is 4.79 Å². The van der Waals surface area contributed by atoms with Gasteiger partial charge in [0.25, 0.3) is 5.89 Å². The SMILES string of the molecule is Cc1noc(-c2c[nH]c3ccc(C(=O)OC(C)(C)C)cc23)n1. The first kappa shape index (κ1) is 14.3. The van der Waals surface area contributed by atoms with E-state index < -0.39 is 5.60 Å². The molecule has 0 aliphatic heterocycles. The third kappa shape index (κ3) is 2.72. The van der Waals surface area contributed by atoms with E-state index in [0.29, 0.717) is 17.3 Å². The van der Waals surface area contributed by atoms with Crippen LogP contribution >= 0.6 is 0 Å². The Bertz CT molecular complexity index is 840. The highest BCUT2D eigenvalue weighted by molar-refractivity contribution is 5.99. The topological polar surface area (TPSA) is 81.0 Å². The lowest BCUT2D eigenvalue weighted by Gasteiger charge is -2.19. The summed E-state index contributed by atoms with van der Waals surface area (Å²) in [6, 6.07) is 5.34. The van der Waals surface area contributed by atoms with Crippen LogP contribution in [-0.2, 0) is 4.74 Å². The number of hydrogen-bond donors (Lipinski definition) is 1. The molecule has 0 aliphatic rings. The third-order valence-corrected chi connectivity index (χ3v) is 3.07. The average Bonchev–Trinajstić information content (AvgIpc) is 3.01. The molecule has 2 heterocycles. The molecule has 0 unspecified atom stereocenters. The zero-order chi connectivity index (χ0) is 15.9. The summed E-state index contributed by atoms with van der Waals surface area (Å²) in [6.45, 7) is 7.28. The van der Waals surface area contributed by atoms with Gasteiger partial charge in [-0.25, -0.2) is 4.79 Å². The maximum absolute atomic E-state index is 12.2. The summed E-state index contributed by atoms with van der Waals surface area (Å²) in [5.74, 6) is 0.626. The highest BCUT2D eigenvalue weighted by atomic mass is 16.6. The first-order valence-corrected chi connectivity index (χ1v) is 6.99. The van der Waals surface area contributed by atoms with Crippen molar-refractivity contribution in [2.75, 3.05) is 0 Å². The second-order valence-corrected chi connectivity index (χ2v) is 6.11. The Balaban J connectivity index is 2.03. The molecule has 0 amide bonds. The number of aromatic nitrogens is 3. The summed E-state index contributed by atoms with van der Waals surface area (Å²) in [6.07, 6.45) is 1.79. The van der Waals surface area contributed by atoms with Crippen LogP contribution in [0.25, 0.3) is 22.4 Å². The molecule has 3 aromatic rings. The maximum atomic E-state index is 12.2. The van der Waals surface area contributed by atoms with E-state index in [0.717, 1.165) is 16.5 Å². The fourth-order valence-corrected chi connectivity index (χ4v) is 2.17. The molecule has 114 valence electrons. The van der Waals surface area contributed by atoms with Crippen molar-refractivity contribution in [2.45, 2.75) is 33.3 Å². The van der Waals surface area contributed by atoms with Crippen LogP contribution in [0, 0.1) is 6.92 Å². The smallest absolute Gasteiger partial charge is 0.338 e. The van der Waals surface area contributed by atoms with Crippen molar-refractivity contribution in [3.05, 3.63) is 35.8 Å². The van der Waals surface area contributed by atoms with Crippen LogP contribution in [0.5, 0.6) is 0 Å². The Morgan fingerprint density at radius 1 is 1.32 bits per heavy atom. The van der Waals surface area contributed by atoms with Gasteiger partial charge in [-0.05, 0) is 45.9 Å². The van der Waals surface area contributed by atoms with Crippen LogP contribution in [0.1, 0.15) is 37.0 Å². The number of aryl methyl sites for hydroxylation is 1. The standard InChI is InChI=1S/C16H17N3O3/c1-9-18-14(22-19-9)12-8-17-13-6-5-10(7-11(12)13)15(20)21-16(2,3)4/h5-8,17H,1-4H3. The molecule has 0 saturated heterocycles. The number of fused-ring (bicyclic) bond motifs is 1. The molecule has 1 aromatic carbocycles. The number of rotatable bonds is 2. The molecule has 3 rings (SSSR count). The minimum atomic E-state index is -0.531. The third-order valence-electron chi connectivity index (χ3n) is 3.07. The molecule has 0 atom stereocenters. The lowest BCUT2D eigenvalue weighted by atomic mass is 10.1. The van der Waals surface area contributed by atoms with Crippen molar-refractivity contribution >= 4 is 16.9 Å². The number of nitrogens with one attached hydrogen (secondary N) is 1. The number of nitrogens with zero attached hydrogens (tertiary/aromatic N) is 2. The van der Waals surface area contributed by atoms with E-state index in [4.69, 9.17) is 9.26 Å². The molecule has 2 aromatic heterocycles. The minimum Gasteiger partial charge on any atom is -0.456 e. The number of esters is 1. The quantitative estimate of drug-likeness (QED) is 0.733. The second-order valence-electron chi connectivity index (χ2n) is 6.11. The molecule has 0 spiro atoms. The van der Waals surface area contributed by atoms with Crippen LogP contribution < -0.4 is 0 Å². The summed E-state index contributed by atoms with van der Waals surface area (Å²) < 4.78 is 10.6. The molecule has 0 radical (unpaired) electrons. The van der Waals surface area contributed by atoms with Crippen LogP contribution in [0.4, 0.5) is 0 Å². The van der Waals surface area contributed by atoms with Crippen molar-refractivity contribution in [1.82, 2.24) is 15.1 Å². The first-order valence-electron chi connectivity index (χ1n) is 6.99. The molecule has 0 bridgehead atoms. The summed E-state index contributed by atoms with van der Waals surface area (Å²) in [5, 5.41) is 4.63. The second kappa shape index (κ2) is 4.98. The summed E-state index contributed by atoms with van der Waals surface area (Å²) in [7, 11) is 0. The summed E-state index contributed by atoms with van der Waals surface area (Å²) >= 11 is 0. The maximum Gasteiger partial charge on any atom is 0.338 e. The van der Waals surface area contributed by atoms with E-state index in [1.54, 1.807) is 25.3 Å². The predicted octanol–water partition coefficient (Wildman–Crippen LogP) is 3.48. The predicted molar refractivity (Wildman–Crippen MR) is 81.5 cm³/mol. The Morgan fingerprint density at radius 2 is 2.09 bits per heavy atom. The fraction of sp³-hybridized carbons (Fsp3) is 0.312. The van der Waals surface area contributed by atoms with E-state index >= 15 is 0 Å². The molecule has 22 heavy (non-hydrogen) atoms. The number of hydrogen-bond acceptors (Lipinski definition) is 5. The van der Waals surface area contributed by atoms with Gasteiger partial charge in [-0.3, -0.25) is 0 Å². The van der Waals surface area contributed by atoms with Crippen LogP contribution in [0.15, 0.2) is 28.9 Å². The molecular weight excluding hydrogens is 282 g/mol. The number of H-pyrrole nitrogens is 1. The first-order chi connectivity index (χ1) is 10.3. The molecule has 1 N–H and O–H groups in total. The molecular formula is C16H17N3O3. The molecule has 0 fully saturated rings. The molecule has 0 aliphatic carbocycles. The van der Waals surface area contributed by atoms with Gasteiger partial charge < -0.3 is 14.2 Å². The van der Waals surface area contributed by atoms with Gasteiger partial charge in [-0.2, -0.15) is 4.98 Å². The van der Waals surface area contributed by atoms with Crippen LogP contribution in [0.2, 0.25) is 0 Å². The molecule has 0 saturated carbocycles. The Morgan fingerprint density at radius 3 is 2.73 bits per heavy atom. The van der Waals surface area contributed by atoms with E-state index in [-0.39, 0.29) is 5.97 Å². The number of carbonyl (C=O) groups is 1. The fourth-order valence-electron chi connectivity index (χ4n) is 2.17. The zero-order valence-corrected chi connectivity index (χ0v) is 12.9. The van der Waals surface area contributed by atoms with Gasteiger partial charge >= 0.3 is 5.97 Å². The van der Waals surface area contributed by atoms with Gasteiger partial charge in [0.1, 0.15) is 5.60 Å². The van der Waals surface area contributed by atoms with Crippen molar-refractivity contribution in [3.63, 3.8) is 0 Å². The van der Waals surface area contributed by atoms with Crippen molar-refractivity contribution < 1.29 is 14.1 Å². The van der Waals surface area contributed by atoms with Gasteiger partial charge in [0.15, 0.2) is 5.82 Å². The van der Waals surface area contributed by atoms with Crippen molar-refractivity contribution in [1.29, 1.82) is 0 Å². The highest BCUT2D eigenvalue weighted by Crippen LogP contribution is 2.28. The monoisotopic (exact) mass is 299 g/mol. The van der Waals surface area contributed by atoms with Gasteiger partial charge in [-0.15, -0.1) is 0 Å². The zero-order valence-electron chi connectivity index (χ0n) is 12.9. The Labute approximate surface area is 127 Å². The van der Waals surface area contributed by atoms with Gasteiger partial charge in [-0.1, -0.05) is 5.16 Å². The van der Waals surface area contributed by atoms with E-state index in [1.807, 2.05) is 26.8 Å². The van der Waals surface area contributed by atoms with Gasteiger partial charge in [0, 0.05) is 17.1 Å². The van der Waals surface area contributed by atoms with Crippen molar-refractivity contribution in [2.24, 2.45) is 0 Å². The lowest BCUT2D eigenvalue weighted by molar-refractivity contribution is 0.00697. The molecule has 6 heteroatoms. The normalized spacial score (nSPS) is 11.8. The highest BCUT2D eigenvalue weighted by Gasteiger charge is 2.19. The summed E-state index contributed by atoms with van der Waals surface area (Å²) in [4.78, 5) is 19.5. The Hall–Kier alpha value is -2.63. The number of ether oxygens (including phenoxy) is 1. The van der Waals surface area contributed by atoms with Gasteiger partial charge in [0.05, 0.1) is 11.1 Å².